The fourth-order valence-corrected chi connectivity index (χ4v) is 1.92. The van der Waals surface area contributed by atoms with E-state index in [0.717, 1.165) is 0 Å². The molecule has 0 heterocycles. The van der Waals surface area contributed by atoms with E-state index in [4.69, 9.17) is 5.11 Å². The molecule has 5 heteroatoms. The summed E-state index contributed by atoms with van der Waals surface area (Å²) in [6.45, 7) is 0. The molecule has 1 N–H and O–H groups in total. The van der Waals surface area contributed by atoms with E-state index in [1.807, 2.05) is 22.6 Å². The Balaban J connectivity index is 3.12. The Labute approximate surface area is 96.4 Å². The number of carbonyl (C=O) groups is 1. The van der Waals surface area contributed by atoms with Gasteiger partial charge in [-0.2, -0.15) is 0 Å². The fourth-order valence-electron chi connectivity index (χ4n) is 0.901. The van der Waals surface area contributed by atoms with Crippen molar-refractivity contribution in [3.63, 3.8) is 0 Å². The highest BCUT2D eigenvalue weighted by atomic mass is 127. The van der Waals surface area contributed by atoms with Gasteiger partial charge in [0, 0.05) is 3.57 Å². The molecule has 0 fully saturated rings. The fraction of sp³-hybridized carbons (Fsp3) is 0.125. The minimum absolute atomic E-state index is 0.172. The van der Waals surface area contributed by atoms with Crippen molar-refractivity contribution < 1.29 is 14.3 Å². The van der Waals surface area contributed by atoms with Crippen LogP contribution in [-0.2, 0) is 11.2 Å². The van der Waals surface area contributed by atoms with Gasteiger partial charge in [0.15, 0.2) is 0 Å². The quantitative estimate of drug-likeness (QED) is 0.652. The van der Waals surface area contributed by atoms with Gasteiger partial charge in [0.05, 0.1) is 10.9 Å². The van der Waals surface area contributed by atoms with Gasteiger partial charge in [-0.15, -0.1) is 0 Å². The van der Waals surface area contributed by atoms with Gasteiger partial charge in [0.25, 0.3) is 0 Å². The van der Waals surface area contributed by atoms with Crippen LogP contribution >= 0.6 is 38.5 Å². The first kappa shape index (κ1) is 10.9. The first-order chi connectivity index (χ1) is 6.00. The Bertz CT molecular complexity index is 354. The number of halogens is 3. The monoisotopic (exact) mass is 358 g/mol. The minimum Gasteiger partial charge on any atom is -0.481 e. The molecule has 0 saturated carbocycles. The van der Waals surface area contributed by atoms with Crippen molar-refractivity contribution in [2.75, 3.05) is 0 Å². The number of carboxylic acid groups (broad SMARTS) is 1. The van der Waals surface area contributed by atoms with E-state index in [1.165, 1.54) is 6.07 Å². The Morgan fingerprint density at radius 1 is 1.62 bits per heavy atom. The van der Waals surface area contributed by atoms with Crippen molar-refractivity contribution in [1.82, 2.24) is 0 Å². The van der Waals surface area contributed by atoms with E-state index in [2.05, 4.69) is 15.9 Å². The van der Waals surface area contributed by atoms with Crippen molar-refractivity contribution in [3.8, 4) is 0 Å². The van der Waals surface area contributed by atoms with Gasteiger partial charge < -0.3 is 5.11 Å². The molecule has 70 valence electrons. The molecule has 0 radical (unpaired) electrons. The maximum absolute atomic E-state index is 13.0. The van der Waals surface area contributed by atoms with E-state index in [-0.39, 0.29) is 10.9 Å². The third kappa shape index (κ3) is 2.91. The van der Waals surface area contributed by atoms with E-state index in [0.29, 0.717) is 9.13 Å². The third-order valence-corrected chi connectivity index (χ3v) is 2.92. The summed E-state index contributed by atoms with van der Waals surface area (Å²) in [7, 11) is 0. The number of benzene rings is 1. The number of hydrogen-bond acceptors (Lipinski definition) is 1. The minimum atomic E-state index is -0.970. The van der Waals surface area contributed by atoms with Crippen LogP contribution in [0.2, 0.25) is 0 Å². The zero-order valence-corrected chi connectivity index (χ0v) is 10.1. The van der Waals surface area contributed by atoms with Crippen LogP contribution in [0.3, 0.4) is 0 Å². The molecule has 1 aromatic carbocycles. The van der Waals surface area contributed by atoms with E-state index in [9.17, 15) is 9.18 Å². The molecule has 0 spiro atoms. The highest BCUT2D eigenvalue weighted by Crippen LogP contribution is 2.23. The molecular formula is C8H5BrFIO2. The van der Waals surface area contributed by atoms with Crippen LogP contribution in [0.15, 0.2) is 16.6 Å². The van der Waals surface area contributed by atoms with Gasteiger partial charge in [-0.25, -0.2) is 4.39 Å². The van der Waals surface area contributed by atoms with Crippen LogP contribution in [0.1, 0.15) is 5.56 Å². The summed E-state index contributed by atoms with van der Waals surface area (Å²) in [5.41, 5.74) is 0.455. The molecule has 0 aromatic heterocycles. The second-order valence-electron chi connectivity index (χ2n) is 2.43. The zero-order valence-electron chi connectivity index (χ0n) is 6.35. The van der Waals surface area contributed by atoms with Gasteiger partial charge in [0.2, 0.25) is 0 Å². The molecule has 0 aliphatic rings. The van der Waals surface area contributed by atoms with E-state index in [1.54, 1.807) is 6.07 Å². The second-order valence-corrected chi connectivity index (χ2v) is 4.47. The second kappa shape index (κ2) is 4.36. The molecule has 13 heavy (non-hydrogen) atoms. The zero-order chi connectivity index (χ0) is 10.0. The van der Waals surface area contributed by atoms with Crippen LogP contribution in [-0.4, -0.2) is 11.1 Å². The number of hydrogen-bond donors (Lipinski definition) is 1. The van der Waals surface area contributed by atoms with Crippen molar-refractivity contribution >= 4 is 44.5 Å². The molecule has 2 nitrogen and oxygen atoms in total. The molecular weight excluding hydrogens is 354 g/mol. The Kier molecular flexibility index (Phi) is 3.66. The Morgan fingerprint density at radius 2 is 2.23 bits per heavy atom. The topological polar surface area (TPSA) is 37.3 Å². The SMILES string of the molecule is O=C(O)Cc1cc(I)cc(F)c1Br. The lowest BCUT2D eigenvalue weighted by atomic mass is 10.1. The normalized spacial score (nSPS) is 10.1. The number of aliphatic carboxylic acids is 1. The smallest absolute Gasteiger partial charge is 0.307 e. The molecule has 0 aliphatic heterocycles. The van der Waals surface area contributed by atoms with Gasteiger partial charge in [-0.1, -0.05) is 0 Å². The average molecular weight is 359 g/mol. The van der Waals surface area contributed by atoms with Crippen LogP contribution in [0.25, 0.3) is 0 Å². The third-order valence-electron chi connectivity index (χ3n) is 1.41. The standard InChI is InChI=1S/C8H5BrFIO2/c9-8-4(2-7(12)13)1-5(11)3-6(8)10/h1,3H,2H2,(H,12,13). The molecule has 1 aromatic rings. The molecule has 1 rings (SSSR count). The maximum Gasteiger partial charge on any atom is 0.307 e. The summed E-state index contributed by atoms with van der Waals surface area (Å²) in [5.74, 6) is -1.40. The van der Waals surface area contributed by atoms with Crippen molar-refractivity contribution in [3.05, 3.63) is 31.6 Å². The van der Waals surface area contributed by atoms with Gasteiger partial charge in [-0.3, -0.25) is 4.79 Å². The maximum atomic E-state index is 13.0. The van der Waals surface area contributed by atoms with Crippen LogP contribution in [0.5, 0.6) is 0 Å². The van der Waals surface area contributed by atoms with E-state index < -0.39 is 11.8 Å². The summed E-state index contributed by atoms with van der Waals surface area (Å²) in [6.07, 6.45) is -0.172. The molecule has 0 atom stereocenters. The average Bonchev–Trinajstić information content (AvgIpc) is 1.98. The lowest BCUT2D eigenvalue weighted by Crippen LogP contribution is -2.02. The van der Waals surface area contributed by atoms with Crippen molar-refractivity contribution in [2.24, 2.45) is 0 Å². The van der Waals surface area contributed by atoms with Gasteiger partial charge >= 0.3 is 5.97 Å². The molecule has 0 bridgehead atoms. The predicted molar refractivity (Wildman–Crippen MR) is 58.2 cm³/mol. The Hall–Kier alpha value is -0.170. The summed E-state index contributed by atoms with van der Waals surface area (Å²) in [4.78, 5) is 10.4. The summed E-state index contributed by atoms with van der Waals surface area (Å²) in [6, 6.07) is 2.98. The molecule has 0 unspecified atom stereocenters. The van der Waals surface area contributed by atoms with E-state index >= 15 is 0 Å². The largest absolute Gasteiger partial charge is 0.481 e. The molecule has 0 amide bonds. The highest BCUT2D eigenvalue weighted by molar-refractivity contribution is 14.1. The first-order valence-electron chi connectivity index (χ1n) is 3.36. The van der Waals surface area contributed by atoms with Gasteiger partial charge in [-0.05, 0) is 56.2 Å². The van der Waals surface area contributed by atoms with Crippen LogP contribution in [0, 0.1) is 9.39 Å². The van der Waals surface area contributed by atoms with Gasteiger partial charge in [0.1, 0.15) is 5.82 Å². The molecule has 0 saturated heterocycles. The molecule has 0 aliphatic carbocycles. The summed E-state index contributed by atoms with van der Waals surface area (Å²) >= 11 is 4.94. The predicted octanol–water partition coefficient (Wildman–Crippen LogP) is 2.82. The highest BCUT2D eigenvalue weighted by Gasteiger charge is 2.10. The van der Waals surface area contributed by atoms with Crippen molar-refractivity contribution in [1.29, 1.82) is 0 Å². The first-order valence-corrected chi connectivity index (χ1v) is 5.23. The lowest BCUT2D eigenvalue weighted by molar-refractivity contribution is -0.136. The van der Waals surface area contributed by atoms with Crippen LogP contribution in [0.4, 0.5) is 4.39 Å². The number of carboxylic acids is 1. The van der Waals surface area contributed by atoms with Crippen LogP contribution < -0.4 is 0 Å². The number of rotatable bonds is 2. The summed E-state index contributed by atoms with van der Waals surface area (Å²) in [5, 5.41) is 8.53. The summed E-state index contributed by atoms with van der Waals surface area (Å²) < 4.78 is 14.0. The van der Waals surface area contributed by atoms with Crippen molar-refractivity contribution in [2.45, 2.75) is 6.42 Å². The lowest BCUT2D eigenvalue weighted by Gasteiger charge is -2.03. The Morgan fingerprint density at radius 3 is 2.77 bits per heavy atom.